The van der Waals surface area contributed by atoms with E-state index < -0.39 is 21.9 Å². The molecular weight excluding hydrogens is 404 g/mol. The summed E-state index contributed by atoms with van der Waals surface area (Å²) in [5, 5.41) is 2.66. The van der Waals surface area contributed by atoms with Crippen molar-refractivity contribution in [2.24, 2.45) is 0 Å². The van der Waals surface area contributed by atoms with E-state index in [0.29, 0.717) is 16.9 Å². The topological polar surface area (TPSA) is 102 Å². The molecular formula is C22H20N2O5S. The fourth-order valence-electron chi connectivity index (χ4n) is 2.67. The molecule has 0 spiro atoms. The summed E-state index contributed by atoms with van der Waals surface area (Å²) in [6, 6.07) is 20.5. The predicted molar refractivity (Wildman–Crippen MR) is 114 cm³/mol. The van der Waals surface area contributed by atoms with E-state index in [4.69, 9.17) is 4.74 Å². The molecule has 3 aromatic carbocycles. The minimum atomic E-state index is -3.86. The lowest BCUT2D eigenvalue weighted by molar-refractivity contribution is 0.0526. The van der Waals surface area contributed by atoms with E-state index in [1.54, 1.807) is 55.5 Å². The normalized spacial score (nSPS) is 10.8. The largest absolute Gasteiger partial charge is 0.462 e. The highest BCUT2D eigenvalue weighted by molar-refractivity contribution is 7.92. The Kier molecular flexibility index (Phi) is 6.48. The molecule has 0 bridgehead atoms. The first kappa shape index (κ1) is 21.1. The van der Waals surface area contributed by atoms with Gasteiger partial charge in [0.15, 0.2) is 0 Å². The van der Waals surface area contributed by atoms with Crippen LogP contribution in [0.5, 0.6) is 0 Å². The summed E-state index contributed by atoms with van der Waals surface area (Å²) in [6.07, 6.45) is 0. The standard InChI is InChI=1S/C22H20N2O5S/c1-2-29-22(26)17-9-6-12-19(14-17)23-21(25)16-8-7-13-20(15-16)30(27,28)24-18-10-4-3-5-11-18/h3-15,24H,2H2,1H3,(H,23,25). The zero-order valence-electron chi connectivity index (χ0n) is 16.2. The molecule has 0 saturated carbocycles. The Balaban J connectivity index is 1.78. The lowest BCUT2D eigenvalue weighted by Gasteiger charge is -2.10. The maximum Gasteiger partial charge on any atom is 0.338 e. The maximum absolute atomic E-state index is 12.6. The molecule has 154 valence electrons. The number of hydrogen-bond donors (Lipinski definition) is 2. The van der Waals surface area contributed by atoms with E-state index >= 15 is 0 Å². The van der Waals surface area contributed by atoms with E-state index in [9.17, 15) is 18.0 Å². The van der Waals surface area contributed by atoms with Gasteiger partial charge < -0.3 is 10.1 Å². The molecule has 0 fully saturated rings. The van der Waals surface area contributed by atoms with E-state index in [-0.39, 0.29) is 17.1 Å². The number of rotatable bonds is 7. The molecule has 2 N–H and O–H groups in total. The summed E-state index contributed by atoms with van der Waals surface area (Å²) in [5.41, 5.74) is 1.27. The van der Waals surface area contributed by atoms with Gasteiger partial charge in [-0.2, -0.15) is 0 Å². The molecule has 0 aliphatic heterocycles. The molecule has 0 atom stereocenters. The molecule has 0 aliphatic rings. The Morgan fingerprint density at radius 3 is 2.23 bits per heavy atom. The second-order valence-corrected chi connectivity index (χ2v) is 7.94. The van der Waals surface area contributed by atoms with Gasteiger partial charge in [0.1, 0.15) is 0 Å². The third-order valence-electron chi connectivity index (χ3n) is 4.06. The zero-order chi connectivity index (χ0) is 21.6. The fourth-order valence-corrected chi connectivity index (χ4v) is 3.77. The zero-order valence-corrected chi connectivity index (χ0v) is 17.0. The number of sulfonamides is 1. The Labute approximate surface area is 174 Å². The SMILES string of the molecule is CCOC(=O)c1cccc(NC(=O)c2cccc(S(=O)(=O)Nc3ccccc3)c2)c1. The summed E-state index contributed by atoms with van der Waals surface area (Å²) in [7, 11) is -3.86. The average Bonchev–Trinajstić information content (AvgIpc) is 2.74. The summed E-state index contributed by atoms with van der Waals surface area (Å²) in [5.74, 6) is -0.999. The first-order valence-corrected chi connectivity index (χ1v) is 10.6. The predicted octanol–water partition coefficient (Wildman–Crippen LogP) is 3.92. The third kappa shape index (κ3) is 5.24. The number of hydrogen-bond acceptors (Lipinski definition) is 5. The van der Waals surface area contributed by atoms with Crippen molar-refractivity contribution >= 4 is 33.3 Å². The molecule has 8 heteroatoms. The van der Waals surface area contributed by atoms with Crippen LogP contribution in [0.2, 0.25) is 0 Å². The van der Waals surface area contributed by atoms with Gasteiger partial charge in [-0.05, 0) is 55.5 Å². The highest BCUT2D eigenvalue weighted by atomic mass is 32.2. The summed E-state index contributed by atoms with van der Waals surface area (Å²) >= 11 is 0. The van der Waals surface area contributed by atoms with Crippen molar-refractivity contribution < 1.29 is 22.7 Å². The van der Waals surface area contributed by atoms with Crippen LogP contribution in [0.25, 0.3) is 0 Å². The van der Waals surface area contributed by atoms with Crippen LogP contribution in [0.3, 0.4) is 0 Å². The highest BCUT2D eigenvalue weighted by Crippen LogP contribution is 2.18. The molecule has 0 radical (unpaired) electrons. The van der Waals surface area contributed by atoms with Crippen molar-refractivity contribution in [3.8, 4) is 0 Å². The summed E-state index contributed by atoms with van der Waals surface area (Å²) in [6.45, 7) is 1.95. The van der Waals surface area contributed by atoms with Crippen LogP contribution in [0, 0.1) is 0 Å². The van der Waals surface area contributed by atoms with E-state index in [0.717, 1.165) is 0 Å². The third-order valence-corrected chi connectivity index (χ3v) is 5.44. The van der Waals surface area contributed by atoms with Crippen molar-refractivity contribution in [2.75, 3.05) is 16.6 Å². The molecule has 3 rings (SSSR count). The average molecular weight is 424 g/mol. The second kappa shape index (κ2) is 9.23. The monoisotopic (exact) mass is 424 g/mol. The van der Waals surface area contributed by atoms with E-state index in [1.807, 2.05) is 0 Å². The Morgan fingerprint density at radius 1 is 0.833 bits per heavy atom. The fraction of sp³-hybridized carbons (Fsp3) is 0.0909. The molecule has 0 heterocycles. The Bertz CT molecular complexity index is 1160. The van der Waals surface area contributed by atoms with Crippen molar-refractivity contribution in [1.82, 2.24) is 0 Å². The highest BCUT2D eigenvalue weighted by Gasteiger charge is 2.17. The second-order valence-electron chi connectivity index (χ2n) is 6.25. The van der Waals surface area contributed by atoms with Crippen LogP contribution >= 0.6 is 0 Å². The first-order valence-electron chi connectivity index (χ1n) is 9.15. The minimum Gasteiger partial charge on any atom is -0.462 e. The van der Waals surface area contributed by atoms with Crippen LogP contribution in [-0.4, -0.2) is 26.9 Å². The van der Waals surface area contributed by atoms with Crippen molar-refractivity contribution in [2.45, 2.75) is 11.8 Å². The van der Waals surface area contributed by atoms with Gasteiger partial charge in [0, 0.05) is 16.9 Å². The van der Waals surface area contributed by atoms with E-state index in [1.165, 1.54) is 30.3 Å². The first-order chi connectivity index (χ1) is 14.4. The van der Waals surface area contributed by atoms with Gasteiger partial charge in [-0.25, -0.2) is 13.2 Å². The number of carbonyl (C=O) groups excluding carboxylic acids is 2. The minimum absolute atomic E-state index is 0.0423. The number of esters is 1. The molecule has 0 aromatic heterocycles. The van der Waals surface area contributed by atoms with Crippen LogP contribution in [0.15, 0.2) is 83.8 Å². The molecule has 0 saturated heterocycles. The van der Waals surface area contributed by atoms with Crippen molar-refractivity contribution in [3.05, 3.63) is 90.0 Å². The van der Waals surface area contributed by atoms with E-state index in [2.05, 4.69) is 10.0 Å². The number of ether oxygens (including phenoxy) is 1. The van der Waals surface area contributed by atoms with Crippen LogP contribution in [0.4, 0.5) is 11.4 Å². The molecule has 0 aliphatic carbocycles. The Hall–Kier alpha value is -3.65. The van der Waals surface area contributed by atoms with Gasteiger partial charge in [-0.15, -0.1) is 0 Å². The van der Waals surface area contributed by atoms with Gasteiger partial charge in [0.2, 0.25) is 0 Å². The van der Waals surface area contributed by atoms with Crippen molar-refractivity contribution in [1.29, 1.82) is 0 Å². The number of para-hydroxylation sites is 1. The number of anilines is 2. The number of nitrogens with one attached hydrogen (secondary N) is 2. The molecule has 0 unspecified atom stereocenters. The number of amides is 1. The maximum atomic E-state index is 12.6. The Morgan fingerprint density at radius 2 is 1.50 bits per heavy atom. The number of benzene rings is 3. The van der Waals surface area contributed by atoms with Gasteiger partial charge >= 0.3 is 5.97 Å². The lowest BCUT2D eigenvalue weighted by atomic mass is 10.1. The van der Waals surface area contributed by atoms with Gasteiger partial charge in [0.05, 0.1) is 17.1 Å². The lowest BCUT2D eigenvalue weighted by Crippen LogP contribution is -2.16. The van der Waals surface area contributed by atoms with Gasteiger partial charge in [-0.1, -0.05) is 30.3 Å². The smallest absolute Gasteiger partial charge is 0.338 e. The number of carbonyl (C=O) groups is 2. The van der Waals surface area contributed by atoms with Gasteiger partial charge in [0.25, 0.3) is 15.9 Å². The van der Waals surface area contributed by atoms with Crippen LogP contribution < -0.4 is 10.0 Å². The summed E-state index contributed by atoms with van der Waals surface area (Å²) in [4.78, 5) is 24.4. The molecule has 7 nitrogen and oxygen atoms in total. The van der Waals surface area contributed by atoms with Crippen LogP contribution in [-0.2, 0) is 14.8 Å². The molecule has 1 amide bonds. The quantitative estimate of drug-likeness (QED) is 0.560. The molecule has 3 aromatic rings. The summed E-state index contributed by atoms with van der Waals surface area (Å²) < 4.78 is 32.7. The van der Waals surface area contributed by atoms with Gasteiger partial charge in [-0.3, -0.25) is 9.52 Å². The molecule has 30 heavy (non-hydrogen) atoms. The van der Waals surface area contributed by atoms with Crippen molar-refractivity contribution in [3.63, 3.8) is 0 Å². The van der Waals surface area contributed by atoms with Crippen LogP contribution in [0.1, 0.15) is 27.6 Å².